The molecule has 0 aliphatic heterocycles. The SMILES string of the molecule is CCC(C)C(F)(I)C1CC[C@@H]1C. The number of hydrogen-bond donors (Lipinski definition) is 0. The van der Waals surface area contributed by atoms with Crippen LogP contribution >= 0.6 is 22.6 Å². The molecule has 12 heavy (non-hydrogen) atoms. The number of rotatable bonds is 3. The molecule has 3 unspecified atom stereocenters. The maximum atomic E-state index is 14.2. The fourth-order valence-electron chi connectivity index (χ4n) is 1.88. The van der Waals surface area contributed by atoms with Gasteiger partial charge in [0.15, 0.2) is 3.68 Å². The molecule has 1 rings (SSSR count). The Labute approximate surface area is 88.4 Å². The van der Waals surface area contributed by atoms with E-state index in [9.17, 15) is 4.39 Å². The van der Waals surface area contributed by atoms with E-state index in [-0.39, 0.29) is 5.92 Å². The first-order valence-electron chi connectivity index (χ1n) is 4.88. The second kappa shape index (κ2) is 3.81. The van der Waals surface area contributed by atoms with Gasteiger partial charge in [-0.3, -0.25) is 0 Å². The highest BCUT2D eigenvalue weighted by molar-refractivity contribution is 14.1. The van der Waals surface area contributed by atoms with Gasteiger partial charge in [-0.25, -0.2) is 4.39 Å². The molecule has 0 nitrogen and oxygen atoms in total. The maximum absolute atomic E-state index is 14.2. The van der Waals surface area contributed by atoms with Gasteiger partial charge in [0.05, 0.1) is 0 Å². The molecule has 0 radical (unpaired) electrons. The Balaban J connectivity index is 2.57. The van der Waals surface area contributed by atoms with E-state index in [2.05, 4.69) is 13.8 Å². The summed E-state index contributed by atoms with van der Waals surface area (Å²) in [5, 5.41) is 0. The first kappa shape index (κ1) is 10.7. The number of alkyl halides is 2. The molecule has 72 valence electrons. The molecule has 1 fully saturated rings. The molecule has 0 spiro atoms. The molecule has 0 amide bonds. The fourth-order valence-corrected chi connectivity index (χ4v) is 3.24. The van der Waals surface area contributed by atoms with Gasteiger partial charge in [-0.2, -0.15) is 0 Å². The van der Waals surface area contributed by atoms with Crippen molar-refractivity contribution in [3.05, 3.63) is 0 Å². The third-order valence-corrected chi connectivity index (χ3v) is 5.25. The highest BCUT2D eigenvalue weighted by Crippen LogP contribution is 2.51. The maximum Gasteiger partial charge on any atom is 0.166 e. The molecule has 0 aromatic heterocycles. The smallest absolute Gasteiger partial charge is 0.166 e. The van der Waals surface area contributed by atoms with Crippen LogP contribution in [0.1, 0.15) is 40.0 Å². The van der Waals surface area contributed by atoms with Crippen molar-refractivity contribution < 1.29 is 4.39 Å². The van der Waals surface area contributed by atoms with Gasteiger partial charge in [-0.1, -0.05) is 20.8 Å². The lowest BCUT2D eigenvalue weighted by molar-refractivity contribution is 0.0348. The van der Waals surface area contributed by atoms with Crippen molar-refractivity contribution in [3.63, 3.8) is 0 Å². The van der Waals surface area contributed by atoms with Crippen LogP contribution in [0.15, 0.2) is 0 Å². The molecule has 0 N–H and O–H groups in total. The van der Waals surface area contributed by atoms with Crippen LogP contribution in [-0.4, -0.2) is 3.68 Å². The summed E-state index contributed by atoms with van der Waals surface area (Å²) in [4.78, 5) is 0. The van der Waals surface area contributed by atoms with E-state index < -0.39 is 3.68 Å². The monoisotopic (exact) mass is 284 g/mol. The summed E-state index contributed by atoms with van der Waals surface area (Å²) in [7, 11) is 0. The van der Waals surface area contributed by atoms with Crippen LogP contribution < -0.4 is 0 Å². The standard InChI is InChI=1S/C10H18FI/c1-4-8(3)10(11,12)9-6-5-7(9)2/h7-9H,4-6H2,1-3H3/t7-,8?,9?,10?/m0/s1. The van der Waals surface area contributed by atoms with E-state index in [4.69, 9.17) is 0 Å². The second-order valence-electron chi connectivity index (χ2n) is 4.14. The zero-order chi connectivity index (χ0) is 9.35. The largest absolute Gasteiger partial charge is 0.232 e. The quantitative estimate of drug-likeness (QED) is 0.538. The van der Waals surface area contributed by atoms with Crippen LogP contribution in [0.25, 0.3) is 0 Å². The predicted molar refractivity (Wildman–Crippen MR) is 59.2 cm³/mol. The van der Waals surface area contributed by atoms with E-state index in [0.717, 1.165) is 12.8 Å². The molecule has 1 aliphatic carbocycles. The molecule has 1 saturated carbocycles. The van der Waals surface area contributed by atoms with Gasteiger partial charge in [0.2, 0.25) is 0 Å². The first-order valence-corrected chi connectivity index (χ1v) is 5.95. The molecule has 4 atom stereocenters. The van der Waals surface area contributed by atoms with E-state index in [1.54, 1.807) is 0 Å². The minimum atomic E-state index is -0.954. The minimum absolute atomic E-state index is 0.200. The molecule has 0 saturated heterocycles. The molecule has 2 heteroatoms. The van der Waals surface area contributed by atoms with Crippen molar-refractivity contribution >= 4 is 22.6 Å². The number of hydrogen-bond acceptors (Lipinski definition) is 0. The normalized spacial score (nSPS) is 36.8. The summed E-state index contributed by atoms with van der Waals surface area (Å²) in [6.07, 6.45) is 3.25. The third-order valence-electron chi connectivity index (χ3n) is 3.38. The number of halogens is 2. The molecule has 1 aliphatic rings. The summed E-state index contributed by atoms with van der Waals surface area (Å²) >= 11 is 2.03. The van der Waals surface area contributed by atoms with Crippen molar-refractivity contribution in [1.29, 1.82) is 0 Å². The molecule has 0 aromatic rings. The Morgan fingerprint density at radius 1 is 1.58 bits per heavy atom. The average molecular weight is 284 g/mol. The van der Waals surface area contributed by atoms with Gasteiger partial charge in [-0.15, -0.1) is 0 Å². The summed E-state index contributed by atoms with van der Waals surface area (Å²) in [6.45, 7) is 6.27. The Hall–Kier alpha value is 0.660. The highest BCUT2D eigenvalue weighted by Gasteiger charge is 2.47. The van der Waals surface area contributed by atoms with E-state index in [1.807, 2.05) is 29.5 Å². The van der Waals surface area contributed by atoms with Gasteiger partial charge < -0.3 is 0 Å². The van der Waals surface area contributed by atoms with Crippen molar-refractivity contribution in [2.45, 2.75) is 43.7 Å². The van der Waals surface area contributed by atoms with Crippen molar-refractivity contribution in [2.24, 2.45) is 17.8 Å². The first-order chi connectivity index (χ1) is 5.50. The zero-order valence-corrected chi connectivity index (χ0v) is 10.3. The van der Waals surface area contributed by atoms with E-state index in [0.29, 0.717) is 11.8 Å². The van der Waals surface area contributed by atoms with Gasteiger partial charge in [0, 0.05) is 5.92 Å². The summed E-state index contributed by atoms with van der Waals surface area (Å²) < 4.78 is 13.2. The molecular weight excluding hydrogens is 266 g/mol. The van der Waals surface area contributed by atoms with Crippen LogP contribution in [0.4, 0.5) is 4.39 Å². The van der Waals surface area contributed by atoms with Crippen LogP contribution in [0.5, 0.6) is 0 Å². The van der Waals surface area contributed by atoms with Gasteiger partial charge in [0.1, 0.15) is 0 Å². The third kappa shape index (κ3) is 1.78. The average Bonchev–Trinajstić information content (AvgIpc) is 1.99. The van der Waals surface area contributed by atoms with Gasteiger partial charge in [-0.05, 0) is 53.7 Å². The van der Waals surface area contributed by atoms with Crippen LogP contribution in [0.3, 0.4) is 0 Å². The van der Waals surface area contributed by atoms with Crippen LogP contribution in [0.2, 0.25) is 0 Å². The topological polar surface area (TPSA) is 0 Å². The Morgan fingerprint density at radius 2 is 2.17 bits per heavy atom. The van der Waals surface area contributed by atoms with Crippen molar-refractivity contribution in [2.75, 3.05) is 0 Å². The predicted octanol–water partition coefficient (Wildman–Crippen LogP) is 4.18. The lowest BCUT2D eigenvalue weighted by Crippen LogP contribution is -2.42. The lowest BCUT2D eigenvalue weighted by Gasteiger charge is -2.44. The summed E-state index contributed by atoms with van der Waals surface area (Å²) in [5.74, 6) is 1.11. The molecular formula is C10H18FI. The Bertz CT molecular complexity index is 156. The van der Waals surface area contributed by atoms with Gasteiger partial charge in [0.25, 0.3) is 0 Å². The second-order valence-corrected chi connectivity index (χ2v) is 5.80. The summed E-state index contributed by atoms with van der Waals surface area (Å²) in [6, 6.07) is 0. The fraction of sp³-hybridized carbons (Fsp3) is 1.00. The van der Waals surface area contributed by atoms with Crippen molar-refractivity contribution in [1.82, 2.24) is 0 Å². The lowest BCUT2D eigenvalue weighted by atomic mass is 9.69. The van der Waals surface area contributed by atoms with Crippen LogP contribution in [-0.2, 0) is 0 Å². The Morgan fingerprint density at radius 3 is 2.42 bits per heavy atom. The van der Waals surface area contributed by atoms with Gasteiger partial charge >= 0.3 is 0 Å². The molecule has 0 aromatic carbocycles. The molecule has 0 bridgehead atoms. The van der Waals surface area contributed by atoms with Crippen molar-refractivity contribution in [3.8, 4) is 0 Å². The van der Waals surface area contributed by atoms with E-state index in [1.165, 1.54) is 6.42 Å². The minimum Gasteiger partial charge on any atom is -0.232 e. The Kier molecular flexibility index (Phi) is 3.41. The summed E-state index contributed by atoms with van der Waals surface area (Å²) in [5.41, 5.74) is 0. The van der Waals surface area contributed by atoms with E-state index >= 15 is 0 Å². The van der Waals surface area contributed by atoms with Crippen LogP contribution in [0, 0.1) is 17.8 Å². The zero-order valence-electron chi connectivity index (χ0n) is 8.11. The molecule has 0 heterocycles. The highest BCUT2D eigenvalue weighted by atomic mass is 127.